The van der Waals surface area contributed by atoms with Gasteiger partial charge in [0.1, 0.15) is 6.61 Å². The van der Waals surface area contributed by atoms with Gasteiger partial charge in [-0.2, -0.15) is 0 Å². The van der Waals surface area contributed by atoms with Crippen LogP contribution in [0.2, 0.25) is 0 Å². The molecule has 0 bridgehead atoms. The highest BCUT2D eigenvalue weighted by Crippen LogP contribution is 2.26. The molecule has 0 aromatic heterocycles. The summed E-state index contributed by atoms with van der Waals surface area (Å²) < 4.78 is 5.13. The van der Waals surface area contributed by atoms with Crippen molar-refractivity contribution in [3.8, 4) is 0 Å². The first-order chi connectivity index (χ1) is 5.77. The molecular formula is C8H8N2OS. The number of benzene rings is 1. The first-order valence-corrected chi connectivity index (χ1v) is 3.99. The molecule has 1 aromatic rings. The molecule has 2 rings (SSSR count). The van der Waals surface area contributed by atoms with E-state index >= 15 is 0 Å². The second kappa shape index (κ2) is 2.64. The maximum Gasteiger partial charge on any atom is 0.261 e. The molecule has 0 saturated heterocycles. The molecular weight excluding hydrogens is 172 g/mol. The van der Waals surface area contributed by atoms with Crippen LogP contribution in [-0.4, -0.2) is 5.17 Å². The first-order valence-electron chi connectivity index (χ1n) is 3.58. The second-order valence-electron chi connectivity index (χ2n) is 2.57. The van der Waals surface area contributed by atoms with Gasteiger partial charge in [-0.25, -0.2) is 0 Å². The zero-order chi connectivity index (χ0) is 8.55. The quantitative estimate of drug-likeness (QED) is 0.469. The van der Waals surface area contributed by atoms with Crippen LogP contribution in [0, 0.1) is 0 Å². The van der Waals surface area contributed by atoms with E-state index in [0.717, 1.165) is 16.9 Å². The highest BCUT2D eigenvalue weighted by Gasteiger charge is 2.14. The summed E-state index contributed by atoms with van der Waals surface area (Å²) in [6, 6.07) is 5.66. The van der Waals surface area contributed by atoms with Crippen LogP contribution in [0.5, 0.6) is 0 Å². The van der Waals surface area contributed by atoms with Gasteiger partial charge in [0, 0.05) is 11.3 Å². The van der Waals surface area contributed by atoms with E-state index in [1.165, 1.54) is 0 Å². The number of thiocarbonyl (C=S) groups is 1. The van der Waals surface area contributed by atoms with Gasteiger partial charge in [0.05, 0.1) is 5.69 Å². The minimum Gasteiger partial charge on any atom is -0.466 e. The van der Waals surface area contributed by atoms with Crippen LogP contribution in [0.4, 0.5) is 11.4 Å². The van der Waals surface area contributed by atoms with Gasteiger partial charge in [0.25, 0.3) is 5.17 Å². The van der Waals surface area contributed by atoms with Crippen molar-refractivity contribution in [2.24, 2.45) is 0 Å². The normalized spacial score (nSPS) is 14.5. The summed E-state index contributed by atoms with van der Waals surface area (Å²) in [4.78, 5) is 0. The third-order valence-electron chi connectivity index (χ3n) is 1.80. The number of fused-ring (bicyclic) bond motifs is 1. The van der Waals surface area contributed by atoms with Gasteiger partial charge in [-0.15, -0.1) is 0 Å². The molecule has 4 heteroatoms. The van der Waals surface area contributed by atoms with Gasteiger partial charge < -0.3 is 15.8 Å². The molecule has 0 saturated carbocycles. The Morgan fingerprint density at radius 1 is 1.50 bits per heavy atom. The topological polar surface area (TPSA) is 47.3 Å². The smallest absolute Gasteiger partial charge is 0.261 e. The molecule has 0 fully saturated rings. The number of ether oxygens (including phenoxy) is 1. The summed E-state index contributed by atoms with van der Waals surface area (Å²) in [5.41, 5.74) is 8.39. The van der Waals surface area contributed by atoms with Gasteiger partial charge >= 0.3 is 0 Å². The molecule has 1 aliphatic heterocycles. The Kier molecular flexibility index (Phi) is 1.62. The van der Waals surface area contributed by atoms with Crippen molar-refractivity contribution in [3.63, 3.8) is 0 Å². The average molecular weight is 180 g/mol. The molecule has 0 spiro atoms. The van der Waals surface area contributed by atoms with Crippen molar-refractivity contribution < 1.29 is 4.74 Å². The van der Waals surface area contributed by atoms with Crippen LogP contribution < -0.4 is 11.1 Å². The van der Waals surface area contributed by atoms with Crippen LogP contribution in [0.15, 0.2) is 18.2 Å². The monoisotopic (exact) mass is 180 g/mol. The van der Waals surface area contributed by atoms with Gasteiger partial charge in [-0.05, 0) is 24.4 Å². The van der Waals surface area contributed by atoms with Gasteiger partial charge in [-0.3, -0.25) is 0 Å². The van der Waals surface area contributed by atoms with Gasteiger partial charge in [0.2, 0.25) is 0 Å². The number of nitrogens with one attached hydrogen (secondary N) is 1. The van der Waals surface area contributed by atoms with Gasteiger partial charge in [0.15, 0.2) is 0 Å². The molecule has 0 amide bonds. The minimum atomic E-state index is 0.410. The molecule has 0 aliphatic carbocycles. The van der Waals surface area contributed by atoms with Crippen molar-refractivity contribution in [3.05, 3.63) is 23.8 Å². The lowest BCUT2D eigenvalue weighted by atomic mass is 10.1. The maximum atomic E-state index is 5.72. The lowest BCUT2D eigenvalue weighted by Crippen LogP contribution is -2.20. The SMILES string of the molecule is Nc1cccc2c1COC(=S)N2. The Hall–Kier alpha value is -1.29. The van der Waals surface area contributed by atoms with Crippen LogP contribution >= 0.6 is 12.2 Å². The number of hydrogen-bond acceptors (Lipinski definition) is 3. The molecule has 12 heavy (non-hydrogen) atoms. The molecule has 1 aliphatic rings. The third-order valence-corrected chi connectivity index (χ3v) is 2.02. The van der Waals surface area contributed by atoms with E-state index in [1.54, 1.807) is 0 Å². The predicted octanol–water partition coefficient (Wildman–Crippen LogP) is 1.50. The van der Waals surface area contributed by atoms with Crippen molar-refractivity contribution >= 4 is 28.8 Å². The number of rotatable bonds is 0. The zero-order valence-corrected chi connectivity index (χ0v) is 7.15. The van der Waals surface area contributed by atoms with Crippen LogP contribution in [0.25, 0.3) is 0 Å². The number of nitrogens with two attached hydrogens (primary N) is 1. The summed E-state index contributed by atoms with van der Waals surface area (Å²) in [5.74, 6) is 0. The number of nitrogen functional groups attached to an aromatic ring is 1. The predicted molar refractivity (Wildman–Crippen MR) is 51.9 cm³/mol. The fourth-order valence-electron chi connectivity index (χ4n) is 1.17. The Bertz CT molecular complexity index is 338. The molecule has 1 heterocycles. The van der Waals surface area contributed by atoms with Crippen molar-refractivity contribution in [1.82, 2.24) is 0 Å². The molecule has 0 atom stereocenters. The zero-order valence-electron chi connectivity index (χ0n) is 6.33. The Balaban J connectivity index is 2.48. The molecule has 0 radical (unpaired) electrons. The number of hydrogen-bond donors (Lipinski definition) is 2. The Morgan fingerprint density at radius 3 is 3.17 bits per heavy atom. The van der Waals surface area contributed by atoms with E-state index in [0.29, 0.717) is 11.8 Å². The fourth-order valence-corrected chi connectivity index (χ4v) is 1.34. The molecule has 62 valence electrons. The highest BCUT2D eigenvalue weighted by molar-refractivity contribution is 7.80. The highest BCUT2D eigenvalue weighted by atomic mass is 32.1. The molecule has 3 N–H and O–H groups in total. The Morgan fingerprint density at radius 2 is 2.33 bits per heavy atom. The standard InChI is InChI=1S/C8H8N2OS/c9-6-2-1-3-7-5(6)4-11-8(12)10-7/h1-3H,4,9H2,(H,10,12). The summed E-state index contributed by atoms with van der Waals surface area (Å²) >= 11 is 4.85. The van der Waals surface area contributed by atoms with E-state index in [1.807, 2.05) is 18.2 Å². The van der Waals surface area contributed by atoms with Crippen LogP contribution in [0.3, 0.4) is 0 Å². The van der Waals surface area contributed by atoms with E-state index in [9.17, 15) is 0 Å². The third kappa shape index (κ3) is 1.10. The van der Waals surface area contributed by atoms with Crippen molar-refractivity contribution in [1.29, 1.82) is 0 Å². The summed E-state index contributed by atoms with van der Waals surface area (Å²) in [6.45, 7) is 0.466. The Labute approximate surface area is 75.5 Å². The molecule has 0 unspecified atom stereocenters. The van der Waals surface area contributed by atoms with Gasteiger partial charge in [-0.1, -0.05) is 6.07 Å². The summed E-state index contributed by atoms with van der Waals surface area (Å²) in [5, 5.41) is 3.34. The minimum absolute atomic E-state index is 0.410. The summed E-state index contributed by atoms with van der Waals surface area (Å²) in [7, 11) is 0. The lowest BCUT2D eigenvalue weighted by Gasteiger charge is -2.20. The van der Waals surface area contributed by atoms with E-state index < -0.39 is 0 Å². The summed E-state index contributed by atoms with van der Waals surface area (Å²) in [6.07, 6.45) is 0. The average Bonchev–Trinajstić information content (AvgIpc) is 2.04. The van der Waals surface area contributed by atoms with E-state index in [2.05, 4.69) is 5.32 Å². The molecule has 1 aromatic carbocycles. The maximum absolute atomic E-state index is 5.72. The van der Waals surface area contributed by atoms with Crippen LogP contribution in [0.1, 0.15) is 5.56 Å². The second-order valence-corrected chi connectivity index (χ2v) is 2.95. The first kappa shape index (κ1) is 7.36. The van der Waals surface area contributed by atoms with Crippen LogP contribution in [-0.2, 0) is 11.3 Å². The fraction of sp³-hybridized carbons (Fsp3) is 0.125. The number of anilines is 2. The largest absolute Gasteiger partial charge is 0.466 e. The van der Waals surface area contributed by atoms with E-state index in [-0.39, 0.29) is 0 Å². The van der Waals surface area contributed by atoms with E-state index in [4.69, 9.17) is 22.7 Å². The van der Waals surface area contributed by atoms with Crippen molar-refractivity contribution in [2.75, 3.05) is 11.1 Å². The van der Waals surface area contributed by atoms with Crippen molar-refractivity contribution in [2.45, 2.75) is 6.61 Å². The molecule has 3 nitrogen and oxygen atoms in total. The lowest BCUT2D eigenvalue weighted by molar-refractivity contribution is 0.295.